The maximum atomic E-state index is 12.4. The van der Waals surface area contributed by atoms with E-state index >= 15 is 0 Å². The molecule has 22 heavy (non-hydrogen) atoms. The van der Waals surface area contributed by atoms with Gasteiger partial charge in [-0.15, -0.1) is 11.3 Å². The topological polar surface area (TPSA) is 78.5 Å². The first-order valence-electron chi connectivity index (χ1n) is 7.32. The zero-order valence-electron chi connectivity index (χ0n) is 13.2. The Morgan fingerprint density at radius 2 is 2.05 bits per heavy atom. The predicted molar refractivity (Wildman–Crippen MR) is 86.4 cm³/mol. The average molecular weight is 325 g/mol. The minimum absolute atomic E-state index is 0.0421. The van der Waals surface area contributed by atoms with E-state index in [9.17, 15) is 14.4 Å². The molecule has 0 aliphatic heterocycles. The second kappa shape index (κ2) is 9.19. The normalized spacial score (nSPS) is 11.6. The van der Waals surface area contributed by atoms with Gasteiger partial charge in [0.05, 0.1) is 19.0 Å². The van der Waals surface area contributed by atoms with E-state index < -0.39 is 0 Å². The van der Waals surface area contributed by atoms with E-state index in [-0.39, 0.29) is 36.7 Å². The molecule has 0 aliphatic rings. The number of nitrogens with zero attached hydrogens (tertiary/aromatic N) is 1. The van der Waals surface area contributed by atoms with Gasteiger partial charge < -0.3 is 15.5 Å². The molecule has 0 saturated carbocycles. The van der Waals surface area contributed by atoms with Crippen molar-refractivity contribution in [1.82, 2.24) is 15.5 Å². The van der Waals surface area contributed by atoms with Gasteiger partial charge in [0.1, 0.15) is 0 Å². The third kappa shape index (κ3) is 5.85. The monoisotopic (exact) mass is 325 g/mol. The van der Waals surface area contributed by atoms with Crippen molar-refractivity contribution in [3.63, 3.8) is 0 Å². The van der Waals surface area contributed by atoms with Crippen molar-refractivity contribution in [3.8, 4) is 0 Å². The van der Waals surface area contributed by atoms with E-state index in [1.54, 1.807) is 0 Å². The van der Waals surface area contributed by atoms with Crippen LogP contribution in [0.1, 0.15) is 38.1 Å². The second-order valence-corrected chi connectivity index (χ2v) is 5.81. The van der Waals surface area contributed by atoms with Crippen LogP contribution < -0.4 is 10.6 Å². The molecule has 6 nitrogen and oxygen atoms in total. The van der Waals surface area contributed by atoms with Crippen LogP contribution in [0.5, 0.6) is 0 Å². The molecule has 0 fully saturated rings. The number of likely N-dealkylation sites (N-methyl/N-ethyl adjacent to an activating group) is 2. The molecule has 1 atom stereocenters. The molecule has 0 aliphatic carbocycles. The number of carbonyl (C=O) groups is 3. The van der Waals surface area contributed by atoms with Gasteiger partial charge >= 0.3 is 0 Å². The number of rotatable bonds is 8. The van der Waals surface area contributed by atoms with Crippen molar-refractivity contribution in [3.05, 3.63) is 22.4 Å². The molecular weight excluding hydrogens is 302 g/mol. The molecule has 0 spiro atoms. The Labute approximate surface area is 134 Å². The van der Waals surface area contributed by atoms with Gasteiger partial charge in [-0.1, -0.05) is 6.07 Å². The average Bonchev–Trinajstić information content (AvgIpc) is 2.97. The minimum Gasteiger partial charge on any atom is -0.355 e. The quantitative estimate of drug-likeness (QED) is 0.756. The molecule has 1 rings (SSSR count). The summed E-state index contributed by atoms with van der Waals surface area (Å²) in [7, 11) is 0. The largest absolute Gasteiger partial charge is 0.355 e. The van der Waals surface area contributed by atoms with Crippen molar-refractivity contribution in [2.24, 2.45) is 0 Å². The van der Waals surface area contributed by atoms with Gasteiger partial charge in [-0.05, 0) is 25.3 Å². The summed E-state index contributed by atoms with van der Waals surface area (Å²) >= 11 is 1.49. The highest BCUT2D eigenvalue weighted by Crippen LogP contribution is 2.22. The van der Waals surface area contributed by atoms with Gasteiger partial charge in [-0.25, -0.2) is 0 Å². The Kier molecular flexibility index (Phi) is 7.59. The van der Waals surface area contributed by atoms with E-state index in [4.69, 9.17) is 0 Å². The number of amides is 3. The van der Waals surface area contributed by atoms with Crippen LogP contribution >= 0.6 is 11.3 Å². The molecule has 0 aromatic carbocycles. The lowest BCUT2D eigenvalue weighted by atomic mass is 10.1. The van der Waals surface area contributed by atoms with Crippen LogP contribution in [0.4, 0.5) is 0 Å². The first-order valence-corrected chi connectivity index (χ1v) is 8.20. The fraction of sp³-hybridized carbons (Fsp3) is 0.533. The maximum Gasteiger partial charge on any atom is 0.239 e. The zero-order chi connectivity index (χ0) is 16.5. The summed E-state index contributed by atoms with van der Waals surface area (Å²) in [5.41, 5.74) is 0. The number of thiophene rings is 1. The molecular formula is C15H23N3O3S. The Hall–Kier alpha value is -1.89. The number of hydrogen-bond acceptors (Lipinski definition) is 4. The van der Waals surface area contributed by atoms with Crippen LogP contribution in [0.15, 0.2) is 17.5 Å². The van der Waals surface area contributed by atoms with Gasteiger partial charge in [-0.2, -0.15) is 0 Å². The van der Waals surface area contributed by atoms with Gasteiger partial charge in [0, 0.05) is 24.9 Å². The summed E-state index contributed by atoms with van der Waals surface area (Å²) in [6, 6.07) is 3.41. The third-order valence-electron chi connectivity index (χ3n) is 3.09. The summed E-state index contributed by atoms with van der Waals surface area (Å²) < 4.78 is 0. The third-order valence-corrected chi connectivity index (χ3v) is 4.07. The Morgan fingerprint density at radius 3 is 2.55 bits per heavy atom. The van der Waals surface area contributed by atoms with Crippen molar-refractivity contribution >= 4 is 29.1 Å². The van der Waals surface area contributed by atoms with Gasteiger partial charge in [0.25, 0.3) is 0 Å². The number of carbonyl (C=O) groups excluding carboxylic acids is 3. The summed E-state index contributed by atoms with van der Waals surface area (Å²) in [5, 5.41) is 7.38. The van der Waals surface area contributed by atoms with Crippen LogP contribution in [0.3, 0.4) is 0 Å². The van der Waals surface area contributed by atoms with Gasteiger partial charge in [0.2, 0.25) is 17.7 Å². The van der Waals surface area contributed by atoms with E-state index in [0.717, 1.165) is 4.88 Å². The highest BCUT2D eigenvalue weighted by atomic mass is 32.1. The van der Waals surface area contributed by atoms with Crippen molar-refractivity contribution in [2.45, 2.75) is 33.2 Å². The summed E-state index contributed by atoms with van der Waals surface area (Å²) in [4.78, 5) is 37.8. The van der Waals surface area contributed by atoms with E-state index in [1.807, 2.05) is 31.4 Å². The van der Waals surface area contributed by atoms with Crippen molar-refractivity contribution in [1.29, 1.82) is 0 Å². The lowest BCUT2D eigenvalue weighted by Crippen LogP contribution is -2.42. The van der Waals surface area contributed by atoms with Crippen LogP contribution in [-0.4, -0.2) is 42.3 Å². The Morgan fingerprint density at radius 1 is 1.32 bits per heavy atom. The highest BCUT2D eigenvalue weighted by Gasteiger charge is 2.22. The van der Waals surface area contributed by atoms with Gasteiger partial charge in [-0.3, -0.25) is 14.4 Å². The first kappa shape index (κ1) is 18.2. The Bertz CT molecular complexity index is 502. The summed E-state index contributed by atoms with van der Waals surface area (Å²) in [5.74, 6) is -0.510. The van der Waals surface area contributed by atoms with E-state index in [2.05, 4.69) is 10.6 Å². The molecule has 2 N–H and O–H groups in total. The zero-order valence-corrected chi connectivity index (χ0v) is 14.0. The second-order valence-electron chi connectivity index (χ2n) is 4.83. The summed E-state index contributed by atoms with van der Waals surface area (Å²) in [6.07, 6.45) is 0.146. The molecule has 0 unspecified atom stereocenters. The molecule has 7 heteroatoms. The molecule has 122 valence electrons. The van der Waals surface area contributed by atoms with Crippen LogP contribution in [0, 0.1) is 0 Å². The molecule has 0 bridgehead atoms. The first-order chi connectivity index (χ1) is 10.5. The minimum atomic E-state index is -0.353. The SMILES string of the molecule is CCNC(=O)CN(CC)C(=O)C[C@@H](NC(C)=O)c1cccs1. The fourth-order valence-electron chi connectivity index (χ4n) is 2.06. The lowest BCUT2D eigenvalue weighted by Gasteiger charge is -2.23. The van der Waals surface area contributed by atoms with E-state index in [0.29, 0.717) is 13.1 Å². The standard InChI is InChI=1S/C15H23N3O3S/c1-4-16-14(20)10-18(5-2)15(21)9-12(17-11(3)19)13-7-6-8-22-13/h6-8,12H,4-5,9-10H2,1-3H3,(H,16,20)(H,17,19)/t12-/m1/s1. The van der Waals surface area contributed by atoms with Crippen LogP contribution in [0.25, 0.3) is 0 Å². The maximum absolute atomic E-state index is 12.4. The van der Waals surface area contributed by atoms with Crippen LogP contribution in [-0.2, 0) is 14.4 Å². The molecule has 1 aromatic heterocycles. The molecule has 0 radical (unpaired) electrons. The van der Waals surface area contributed by atoms with E-state index in [1.165, 1.54) is 23.2 Å². The molecule has 3 amide bonds. The lowest BCUT2D eigenvalue weighted by molar-refractivity contribution is -0.136. The van der Waals surface area contributed by atoms with Crippen molar-refractivity contribution in [2.75, 3.05) is 19.6 Å². The predicted octanol–water partition coefficient (Wildman–Crippen LogP) is 1.30. The number of nitrogens with one attached hydrogen (secondary N) is 2. The summed E-state index contributed by atoms with van der Waals surface area (Å²) in [6.45, 7) is 6.12. The smallest absolute Gasteiger partial charge is 0.239 e. The molecule has 1 heterocycles. The molecule has 0 saturated heterocycles. The Balaban J connectivity index is 2.71. The molecule has 1 aromatic rings. The van der Waals surface area contributed by atoms with Crippen LogP contribution in [0.2, 0.25) is 0 Å². The van der Waals surface area contributed by atoms with Gasteiger partial charge in [0.15, 0.2) is 0 Å². The highest BCUT2D eigenvalue weighted by molar-refractivity contribution is 7.10. The fourth-order valence-corrected chi connectivity index (χ4v) is 2.84. The van der Waals surface area contributed by atoms with Crippen molar-refractivity contribution < 1.29 is 14.4 Å². The number of hydrogen-bond donors (Lipinski definition) is 2.